The predicted octanol–water partition coefficient (Wildman–Crippen LogP) is -0.0216. The lowest BCUT2D eigenvalue weighted by atomic mass is 10.2. The maximum absolute atomic E-state index is 12.0. The van der Waals surface area contributed by atoms with Gasteiger partial charge in [-0.15, -0.1) is 0 Å². The van der Waals surface area contributed by atoms with Crippen LogP contribution >= 0.6 is 11.6 Å². The maximum atomic E-state index is 12.0. The molecule has 5 nitrogen and oxygen atoms in total. The second kappa shape index (κ2) is 5.76. The third-order valence-corrected chi connectivity index (χ3v) is 5.64. The first-order valence-electron chi connectivity index (χ1n) is 6.20. The molecule has 2 rings (SSSR count). The molecule has 0 bridgehead atoms. The fourth-order valence-electron chi connectivity index (χ4n) is 2.24. The van der Waals surface area contributed by atoms with Crippen LogP contribution in [0.1, 0.15) is 0 Å². The third-order valence-electron chi connectivity index (χ3n) is 3.37. The van der Waals surface area contributed by atoms with Crippen molar-refractivity contribution in [1.82, 2.24) is 8.61 Å². The van der Waals surface area contributed by atoms with E-state index in [0.717, 1.165) is 23.8 Å². The van der Waals surface area contributed by atoms with E-state index in [2.05, 4.69) is 0 Å². The van der Waals surface area contributed by atoms with Gasteiger partial charge in [0.25, 0.3) is 10.2 Å². The summed E-state index contributed by atoms with van der Waals surface area (Å²) in [6.45, 7) is 2.50. The molecule has 1 aromatic carbocycles. The highest BCUT2D eigenvalue weighted by Gasteiger charge is 2.31. The Balaban J connectivity index is 2.06. The first-order chi connectivity index (χ1) is 8.93. The van der Waals surface area contributed by atoms with Crippen LogP contribution in [0.15, 0.2) is 24.3 Å². The summed E-state index contributed by atoms with van der Waals surface area (Å²) in [6.07, 6.45) is 0. The molecule has 1 aromatic rings. The molecular formula is C12H19ClN3O2S+. The topological polar surface area (TPSA) is 45.1 Å². The van der Waals surface area contributed by atoms with E-state index in [1.165, 1.54) is 13.5 Å². The minimum atomic E-state index is -3.30. The molecule has 1 N–H and O–H groups in total. The maximum Gasteiger partial charge on any atom is 0.281 e. The summed E-state index contributed by atoms with van der Waals surface area (Å²) in [7, 11) is -0.179. The second-order valence-corrected chi connectivity index (χ2v) is 7.32. The first kappa shape index (κ1) is 14.7. The highest BCUT2D eigenvalue weighted by molar-refractivity contribution is 7.86. The minimum Gasteiger partial charge on any atom is -0.299 e. The molecule has 0 radical (unpaired) electrons. The molecule has 1 saturated heterocycles. The van der Waals surface area contributed by atoms with Crippen molar-refractivity contribution in [1.29, 1.82) is 0 Å². The Bertz CT molecular complexity index is 540. The zero-order chi connectivity index (χ0) is 14.0. The Morgan fingerprint density at radius 2 is 1.79 bits per heavy atom. The summed E-state index contributed by atoms with van der Waals surface area (Å²) in [5.74, 6) is 0. The molecule has 106 valence electrons. The molecule has 7 heteroatoms. The van der Waals surface area contributed by atoms with Gasteiger partial charge in [0.05, 0.1) is 26.2 Å². The molecule has 19 heavy (non-hydrogen) atoms. The molecular weight excluding hydrogens is 286 g/mol. The first-order valence-corrected chi connectivity index (χ1v) is 7.97. The molecule has 0 saturated carbocycles. The molecule has 1 aliphatic rings. The van der Waals surface area contributed by atoms with Crippen molar-refractivity contribution >= 4 is 27.5 Å². The van der Waals surface area contributed by atoms with Gasteiger partial charge in [-0.2, -0.15) is 17.0 Å². The predicted molar refractivity (Wildman–Crippen MR) is 76.0 cm³/mol. The highest BCUT2D eigenvalue weighted by Crippen LogP contribution is 2.17. The van der Waals surface area contributed by atoms with E-state index in [9.17, 15) is 8.42 Å². The fourth-order valence-corrected chi connectivity index (χ4v) is 3.61. The summed E-state index contributed by atoms with van der Waals surface area (Å²) in [5.41, 5.74) is 1.05. The average molecular weight is 305 g/mol. The Labute approximate surface area is 119 Å². The summed E-state index contributed by atoms with van der Waals surface area (Å²) in [5, 5.41) is 0.737. The van der Waals surface area contributed by atoms with Crippen molar-refractivity contribution in [2.75, 3.05) is 40.3 Å². The van der Waals surface area contributed by atoms with Crippen LogP contribution in [0.5, 0.6) is 0 Å². The molecule has 1 aliphatic heterocycles. The minimum absolute atomic E-state index is 0.515. The van der Waals surface area contributed by atoms with E-state index < -0.39 is 10.2 Å². The van der Waals surface area contributed by atoms with Crippen molar-refractivity contribution < 1.29 is 13.3 Å². The summed E-state index contributed by atoms with van der Waals surface area (Å²) in [4.78, 5) is 1.23. The van der Waals surface area contributed by atoms with Crippen LogP contribution in [0.2, 0.25) is 5.02 Å². The van der Waals surface area contributed by atoms with Crippen LogP contribution in [0, 0.1) is 0 Å². The molecule has 0 unspecified atom stereocenters. The number of nitrogens with zero attached hydrogens (tertiary/aromatic N) is 2. The number of hydrogen-bond donors (Lipinski definition) is 1. The Morgan fingerprint density at radius 1 is 1.21 bits per heavy atom. The number of hydrogen-bond acceptors (Lipinski definition) is 2. The van der Waals surface area contributed by atoms with Gasteiger partial charge < -0.3 is 0 Å². The molecule has 0 amide bonds. The van der Waals surface area contributed by atoms with Crippen LogP contribution in [-0.2, 0) is 10.2 Å². The number of quaternary nitrogens is 1. The Hall–Kier alpha value is -0.660. The van der Waals surface area contributed by atoms with Crippen molar-refractivity contribution in [3.63, 3.8) is 0 Å². The van der Waals surface area contributed by atoms with Crippen LogP contribution < -0.4 is 4.90 Å². The molecule has 0 atom stereocenters. The average Bonchev–Trinajstić information content (AvgIpc) is 2.39. The lowest BCUT2D eigenvalue weighted by molar-refractivity contribution is -0.837. The molecule has 0 aliphatic carbocycles. The normalized spacial score (nSPS) is 18.9. The van der Waals surface area contributed by atoms with Gasteiger partial charge in [0.1, 0.15) is 10.7 Å². The number of rotatable bonds is 3. The van der Waals surface area contributed by atoms with Crippen molar-refractivity contribution in [3.05, 3.63) is 29.3 Å². The zero-order valence-corrected chi connectivity index (χ0v) is 12.7. The van der Waals surface area contributed by atoms with Crippen molar-refractivity contribution in [2.45, 2.75) is 0 Å². The summed E-state index contributed by atoms with van der Waals surface area (Å²) >= 11 is 6.17. The number of piperazine rings is 1. The lowest BCUT2D eigenvalue weighted by Crippen LogP contribution is -3.10. The largest absolute Gasteiger partial charge is 0.299 e. The van der Waals surface area contributed by atoms with Crippen LogP contribution in [-0.4, -0.2) is 57.3 Å². The highest BCUT2D eigenvalue weighted by atomic mass is 35.5. The van der Waals surface area contributed by atoms with E-state index in [-0.39, 0.29) is 0 Å². The molecule has 0 spiro atoms. The smallest absolute Gasteiger partial charge is 0.281 e. The molecule has 1 heterocycles. The summed E-state index contributed by atoms with van der Waals surface area (Å²) < 4.78 is 26.8. The second-order valence-electron chi connectivity index (χ2n) is 4.77. The van der Waals surface area contributed by atoms with Crippen LogP contribution in [0.4, 0.5) is 5.69 Å². The molecule has 1 fully saturated rings. The van der Waals surface area contributed by atoms with E-state index in [4.69, 9.17) is 11.6 Å². The number of para-hydroxylation sites is 1. The van der Waals surface area contributed by atoms with E-state index >= 15 is 0 Å². The van der Waals surface area contributed by atoms with Gasteiger partial charge in [0.15, 0.2) is 0 Å². The quantitative estimate of drug-likeness (QED) is 0.853. The van der Waals surface area contributed by atoms with Crippen molar-refractivity contribution in [2.24, 2.45) is 0 Å². The van der Waals surface area contributed by atoms with Gasteiger partial charge in [-0.05, 0) is 6.07 Å². The Morgan fingerprint density at radius 3 is 2.32 bits per heavy atom. The monoisotopic (exact) mass is 304 g/mol. The zero-order valence-electron chi connectivity index (χ0n) is 11.1. The Kier molecular flexibility index (Phi) is 4.47. The van der Waals surface area contributed by atoms with Gasteiger partial charge in [-0.3, -0.25) is 4.90 Å². The van der Waals surface area contributed by atoms with Gasteiger partial charge in [0.2, 0.25) is 0 Å². The van der Waals surface area contributed by atoms with Crippen LogP contribution in [0.3, 0.4) is 0 Å². The number of benzene rings is 1. The van der Waals surface area contributed by atoms with E-state index in [1.54, 1.807) is 14.1 Å². The van der Waals surface area contributed by atoms with Crippen molar-refractivity contribution in [3.8, 4) is 0 Å². The standard InChI is InChI=1S/C12H18ClN3O2S/c1-14(2)19(17,18)16-9-7-15(8-10-16)12-6-4-3-5-11(12)13/h3-6H,7-10H2,1-2H3/p+1. The third kappa shape index (κ3) is 3.09. The van der Waals surface area contributed by atoms with Gasteiger partial charge in [-0.25, -0.2) is 0 Å². The number of nitrogens with one attached hydrogen (secondary N) is 1. The summed E-state index contributed by atoms with van der Waals surface area (Å²) in [6, 6.07) is 7.72. The number of halogens is 1. The van der Waals surface area contributed by atoms with Crippen LogP contribution in [0.25, 0.3) is 0 Å². The van der Waals surface area contributed by atoms with Gasteiger partial charge >= 0.3 is 0 Å². The van der Waals surface area contributed by atoms with Gasteiger partial charge in [0, 0.05) is 20.2 Å². The SMILES string of the molecule is CN(C)S(=O)(=O)N1CC[NH+](c2ccccc2Cl)CC1. The lowest BCUT2D eigenvalue weighted by Gasteiger charge is -2.32. The fraction of sp³-hybridized carbons (Fsp3) is 0.500. The van der Waals surface area contributed by atoms with Gasteiger partial charge in [-0.1, -0.05) is 23.7 Å². The molecule has 0 aromatic heterocycles. The van der Waals surface area contributed by atoms with E-state index in [0.29, 0.717) is 13.1 Å². The van der Waals surface area contributed by atoms with E-state index in [1.807, 2.05) is 24.3 Å².